The molecule has 2 aromatic rings. The number of amides is 2. The number of halogens is 1. The average Bonchev–Trinajstić information content (AvgIpc) is 3.61. The standard InChI is InChI=1S/C28H37FN4O3S/c1-28(20-24(28)21-11-13-23(29)14-12-21)30-15-7-6-10-25(27(35)32-16-18-33(37-36)19-17-32)31(2)26(34)22-8-4-3-5-9-22/h3-5,8-9,11-14,24-25,30,37H,6-7,10,15-20H2,1-2H3/t24-,25-,28+/m0/s1. The normalized spacial score (nSPS) is 22.5. The highest BCUT2D eigenvalue weighted by Gasteiger charge is 2.50. The molecule has 1 saturated carbocycles. The van der Waals surface area contributed by atoms with Crippen molar-refractivity contribution in [3.8, 4) is 0 Å². The number of carbonyl (C=O) groups is 2. The van der Waals surface area contributed by atoms with Gasteiger partial charge in [0, 0.05) is 50.2 Å². The lowest BCUT2D eigenvalue weighted by molar-refractivity contribution is -0.137. The summed E-state index contributed by atoms with van der Waals surface area (Å²) in [6.45, 7) is 5.12. The maximum atomic E-state index is 13.5. The zero-order valence-corrected chi connectivity index (χ0v) is 22.5. The Bertz CT molecular complexity index is 1080. The van der Waals surface area contributed by atoms with Gasteiger partial charge in [-0.2, -0.15) is 0 Å². The van der Waals surface area contributed by atoms with Gasteiger partial charge in [0.25, 0.3) is 5.91 Å². The fraction of sp³-hybridized carbons (Fsp3) is 0.500. The third-order valence-corrected chi connectivity index (χ3v) is 8.35. The minimum absolute atomic E-state index is 0.00763. The predicted octanol–water partition coefficient (Wildman–Crippen LogP) is 2.98. The third-order valence-electron chi connectivity index (χ3n) is 7.72. The lowest BCUT2D eigenvalue weighted by Gasteiger charge is -2.36. The van der Waals surface area contributed by atoms with Gasteiger partial charge < -0.3 is 15.1 Å². The summed E-state index contributed by atoms with van der Waals surface area (Å²) >= 11 is -0.0190. The topological polar surface area (TPSA) is 73.0 Å². The van der Waals surface area contributed by atoms with Gasteiger partial charge in [0.2, 0.25) is 5.91 Å². The van der Waals surface area contributed by atoms with E-state index in [0.717, 1.165) is 31.4 Å². The van der Waals surface area contributed by atoms with Crippen LogP contribution in [0.1, 0.15) is 54.4 Å². The third kappa shape index (κ3) is 6.83. The average molecular weight is 529 g/mol. The lowest BCUT2D eigenvalue weighted by atomic mass is 10.0. The van der Waals surface area contributed by atoms with Crippen LogP contribution >= 0.6 is 0 Å². The van der Waals surface area contributed by atoms with Crippen molar-refractivity contribution in [2.24, 2.45) is 0 Å². The highest BCUT2D eigenvalue weighted by molar-refractivity contribution is 7.63. The van der Waals surface area contributed by atoms with Gasteiger partial charge in [-0.1, -0.05) is 30.3 Å². The Kier molecular flexibility index (Phi) is 9.10. The molecule has 2 fully saturated rings. The Morgan fingerprint density at radius 3 is 2.41 bits per heavy atom. The molecule has 1 heterocycles. The minimum atomic E-state index is -0.549. The molecule has 0 unspecified atom stereocenters. The van der Waals surface area contributed by atoms with E-state index in [9.17, 15) is 18.2 Å². The van der Waals surface area contributed by atoms with Crippen molar-refractivity contribution in [3.05, 3.63) is 71.5 Å². The van der Waals surface area contributed by atoms with Crippen molar-refractivity contribution in [3.63, 3.8) is 0 Å². The van der Waals surface area contributed by atoms with E-state index in [1.807, 2.05) is 30.3 Å². The molecule has 1 aliphatic carbocycles. The summed E-state index contributed by atoms with van der Waals surface area (Å²) < 4.78 is 26.2. The number of carbonyl (C=O) groups excluding carboxylic acids is 2. The Hall–Kier alpha value is -2.62. The fourth-order valence-corrected chi connectivity index (χ4v) is 5.54. The van der Waals surface area contributed by atoms with Crippen LogP contribution in [0, 0.1) is 5.82 Å². The van der Waals surface area contributed by atoms with E-state index in [4.69, 9.17) is 0 Å². The van der Waals surface area contributed by atoms with E-state index in [2.05, 4.69) is 12.2 Å². The van der Waals surface area contributed by atoms with Crippen LogP contribution in [-0.2, 0) is 16.6 Å². The number of nitrogens with zero attached hydrogens (tertiary/aromatic N) is 3. The summed E-state index contributed by atoms with van der Waals surface area (Å²) in [5.41, 5.74) is 1.72. The summed E-state index contributed by atoms with van der Waals surface area (Å²) in [6, 6.07) is 15.2. The first-order chi connectivity index (χ1) is 17.8. The quantitative estimate of drug-likeness (QED) is 0.348. The Labute approximate surface area is 222 Å². The van der Waals surface area contributed by atoms with Gasteiger partial charge in [0.15, 0.2) is 0 Å². The van der Waals surface area contributed by atoms with Crippen LogP contribution < -0.4 is 5.32 Å². The van der Waals surface area contributed by atoms with Gasteiger partial charge >= 0.3 is 0 Å². The molecule has 200 valence electrons. The molecular formula is C28H37FN4O3S. The second-order valence-corrected chi connectivity index (χ2v) is 11.0. The molecule has 0 aromatic heterocycles. The van der Waals surface area contributed by atoms with Crippen LogP contribution in [0.25, 0.3) is 0 Å². The van der Waals surface area contributed by atoms with Crippen LogP contribution in [0.3, 0.4) is 0 Å². The Balaban J connectivity index is 1.32. The maximum absolute atomic E-state index is 13.5. The highest BCUT2D eigenvalue weighted by atomic mass is 32.2. The first-order valence-corrected chi connectivity index (χ1v) is 13.8. The first-order valence-electron chi connectivity index (χ1n) is 13.0. The lowest BCUT2D eigenvalue weighted by Crippen LogP contribution is -2.54. The summed E-state index contributed by atoms with van der Waals surface area (Å²) in [5.74, 6) is -0.0519. The van der Waals surface area contributed by atoms with Crippen molar-refractivity contribution < 1.29 is 18.2 Å². The predicted molar refractivity (Wildman–Crippen MR) is 144 cm³/mol. The minimum Gasteiger partial charge on any atom is -0.338 e. The van der Waals surface area contributed by atoms with Gasteiger partial charge in [0.1, 0.15) is 11.9 Å². The van der Waals surface area contributed by atoms with Crippen molar-refractivity contribution in [1.29, 1.82) is 0 Å². The molecule has 3 atom stereocenters. The molecule has 7 nitrogen and oxygen atoms in total. The van der Waals surface area contributed by atoms with Crippen molar-refractivity contribution in [2.75, 3.05) is 39.8 Å². The van der Waals surface area contributed by atoms with E-state index in [1.165, 1.54) is 12.1 Å². The number of rotatable bonds is 11. The number of unbranched alkanes of at least 4 members (excludes halogenated alkanes) is 1. The second-order valence-electron chi connectivity index (χ2n) is 10.3. The molecule has 1 saturated heterocycles. The van der Waals surface area contributed by atoms with Crippen LogP contribution in [-0.4, -0.2) is 81.5 Å². The molecule has 1 aliphatic heterocycles. The second kappa shape index (κ2) is 12.3. The first kappa shape index (κ1) is 27.4. The van der Waals surface area contributed by atoms with E-state index in [1.54, 1.807) is 33.3 Å². The fourth-order valence-electron chi connectivity index (χ4n) is 5.20. The molecule has 37 heavy (non-hydrogen) atoms. The number of hydrogen-bond donors (Lipinski definition) is 2. The van der Waals surface area contributed by atoms with Crippen molar-refractivity contribution >= 4 is 23.7 Å². The SMILES string of the molecule is CN(C(=O)c1ccccc1)[C@@H](CCCCN[C@]1(C)C[C@H]1c1ccc(F)cc1)C(=O)N1CCN([SH]=O)CC1. The smallest absolute Gasteiger partial charge is 0.254 e. The molecule has 9 heteroatoms. The zero-order chi connectivity index (χ0) is 26.4. The summed E-state index contributed by atoms with van der Waals surface area (Å²) in [6.07, 6.45) is 3.27. The number of benzene rings is 2. The molecule has 2 aliphatic rings. The molecule has 0 radical (unpaired) electrons. The van der Waals surface area contributed by atoms with Crippen LogP contribution in [0.15, 0.2) is 54.6 Å². The number of nitrogens with one attached hydrogen (secondary N) is 1. The Morgan fingerprint density at radius 1 is 1.08 bits per heavy atom. The zero-order valence-electron chi connectivity index (χ0n) is 21.6. The summed E-state index contributed by atoms with van der Waals surface area (Å²) in [4.78, 5) is 30.0. The monoisotopic (exact) mass is 528 g/mol. The number of piperazine rings is 1. The van der Waals surface area contributed by atoms with Gasteiger partial charge in [-0.25, -0.2) is 12.9 Å². The highest BCUT2D eigenvalue weighted by Crippen LogP contribution is 2.51. The van der Waals surface area contributed by atoms with Crippen molar-refractivity contribution in [1.82, 2.24) is 19.4 Å². The van der Waals surface area contributed by atoms with E-state index in [-0.39, 0.29) is 35.0 Å². The number of likely N-dealkylation sites (N-methyl/N-ethyl adjacent to an activating group) is 1. The van der Waals surface area contributed by atoms with Gasteiger partial charge in [-0.05, 0) is 69.0 Å². The molecule has 0 bridgehead atoms. The van der Waals surface area contributed by atoms with E-state index < -0.39 is 6.04 Å². The number of hydrogen-bond acceptors (Lipinski definition) is 4. The van der Waals surface area contributed by atoms with Gasteiger partial charge in [0.05, 0.1) is 11.9 Å². The summed E-state index contributed by atoms with van der Waals surface area (Å²) in [7, 11) is 1.71. The van der Waals surface area contributed by atoms with Gasteiger partial charge in [-0.15, -0.1) is 0 Å². The van der Waals surface area contributed by atoms with E-state index >= 15 is 0 Å². The number of thiol groups is 1. The molecular weight excluding hydrogens is 491 g/mol. The Morgan fingerprint density at radius 2 is 1.76 bits per heavy atom. The molecule has 0 spiro atoms. The largest absolute Gasteiger partial charge is 0.338 e. The van der Waals surface area contributed by atoms with Crippen LogP contribution in [0.4, 0.5) is 4.39 Å². The van der Waals surface area contributed by atoms with Crippen molar-refractivity contribution in [2.45, 2.75) is 50.1 Å². The van der Waals surface area contributed by atoms with Crippen LogP contribution in [0.5, 0.6) is 0 Å². The molecule has 2 aromatic carbocycles. The molecule has 1 N–H and O–H groups in total. The maximum Gasteiger partial charge on any atom is 0.254 e. The van der Waals surface area contributed by atoms with Crippen LogP contribution in [0.2, 0.25) is 0 Å². The molecule has 2 amide bonds. The molecule has 4 rings (SSSR count). The van der Waals surface area contributed by atoms with E-state index in [0.29, 0.717) is 44.1 Å². The summed E-state index contributed by atoms with van der Waals surface area (Å²) in [5, 5.41) is 3.65. The van der Waals surface area contributed by atoms with Gasteiger partial charge in [-0.3, -0.25) is 9.59 Å².